The van der Waals surface area contributed by atoms with Crippen molar-refractivity contribution in [2.75, 3.05) is 0 Å². The number of benzene rings is 2. The average molecular weight is 411 g/mol. The van der Waals surface area contributed by atoms with Gasteiger partial charge in [-0.3, -0.25) is 19.9 Å². The summed E-state index contributed by atoms with van der Waals surface area (Å²) in [5, 5.41) is 15.8. The van der Waals surface area contributed by atoms with Gasteiger partial charge in [0.1, 0.15) is 0 Å². The van der Waals surface area contributed by atoms with Gasteiger partial charge in [0.15, 0.2) is 0 Å². The molecule has 0 spiro atoms. The zero-order valence-corrected chi connectivity index (χ0v) is 16.5. The van der Waals surface area contributed by atoms with Crippen molar-refractivity contribution in [1.82, 2.24) is 15.4 Å². The molecule has 0 aliphatic heterocycles. The predicted octanol–water partition coefficient (Wildman–Crippen LogP) is 4.28. The maximum atomic E-state index is 12.9. The molecule has 0 saturated carbocycles. The van der Waals surface area contributed by atoms with E-state index in [-0.39, 0.29) is 5.69 Å². The maximum Gasteiger partial charge on any atom is 0.272 e. The van der Waals surface area contributed by atoms with Crippen LogP contribution in [0, 0.1) is 17.0 Å². The van der Waals surface area contributed by atoms with E-state index in [1.165, 1.54) is 12.3 Å². The molecule has 2 aromatic carbocycles. The molecular weight excluding hydrogens is 394 g/mol. The van der Waals surface area contributed by atoms with Gasteiger partial charge in [-0.15, -0.1) is 0 Å². The van der Waals surface area contributed by atoms with Gasteiger partial charge in [-0.25, -0.2) is 10.4 Å². The van der Waals surface area contributed by atoms with Crippen LogP contribution in [0.4, 0.5) is 5.69 Å². The highest BCUT2D eigenvalue weighted by Gasteiger charge is 2.14. The summed E-state index contributed by atoms with van der Waals surface area (Å²) in [5.41, 5.74) is 6.05. The SMILES string of the molecule is Cc1ccc(/C=N\NC(=O)c2cc(-c3cccnc3)nc3ccccc23)cc1[N+](=O)[O-]. The molecule has 2 aromatic heterocycles. The lowest BCUT2D eigenvalue weighted by atomic mass is 10.0. The van der Waals surface area contributed by atoms with Gasteiger partial charge in [0.2, 0.25) is 0 Å². The second-order valence-electron chi connectivity index (χ2n) is 6.82. The van der Waals surface area contributed by atoms with Gasteiger partial charge in [0.05, 0.1) is 27.9 Å². The largest absolute Gasteiger partial charge is 0.272 e. The van der Waals surface area contributed by atoms with Crippen molar-refractivity contribution >= 4 is 28.7 Å². The zero-order chi connectivity index (χ0) is 21.8. The Hall–Kier alpha value is -4.46. The molecule has 1 amide bonds. The minimum absolute atomic E-state index is 0.00323. The van der Waals surface area contributed by atoms with Gasteiger partial charge in [-0.05, 0) is 31.2 Å². The first-order chi connectivity index (χ1) is 15.0. The van der Waals surface area contributed by atoms with Crippen LogP contribution in [-0.4, -0.2) is 27.0 Å². The van der Waals surface area contributed by atoms with Crippen molar-refractivity contribution in [1.29, 1.82) is 0 Å². The van der Waals surface area contributed by atoms with Crippen LogP contribution in [0.2, 0.25) is 0 Å². The maximum absolute atomic E-state index is 12.9. The van der Waals surface area contributed by atoms with Crippen molar-refractivity contribution in [2.24, 2.45) is 5.10 Å². The molecule has 31 heavy (non-hydrogen) atoms. The highest BCUT2D eigenvalue weighted by molar-refractivity contribution is 6.07. The van der Waals surface area contributed by atoms with Gasteiger partial charge < -0.3 is 0 Å². The molecule has 0 atom stereocenters. The van der Waals surface area contributed by atoms with Crippen molar-refractivity contribution < 1.29 is 9.72 Å². The first kappa shape index (κ1) is 19.8. The first-order valence-electron chi connectivity index (χ1n) is 9.41. The number of nitro groups is 1. The summed E-state index contributed by atoms with van der Waals surface area (Å²) in [6.07, 6.45) is 4.72. The number of para-hydroxylation sites is 1. The summed E-state index contributed by atoms with van der Waals surface area (Å²) in [5.74, 6) is -0.415. The highest BCUT2D eigenvalue weighted by Crippen LogP contribution is 2.24. The van der Waals surface area contributed by atoms with Crippen LogP contribution < -0.4 is 5.43 Å². The number of hydrogen-bond donors (Lipinski definition) is 1. The number of carbonyl (C=O) groups is 1. The number of nitro benzene ring substituents is 1. The summed E-state index contributed by atoms with van der Waals surface area (Å²) in [6, 6.07) is 17.4. The van der Waals surface area contributed by atoms with E-state index in [1.54, 1.807) is 43.6 Å². The Morgan fingerprint density at radius 2 is 1.97 bits per heavy atom. The highest BCUT2D eigenvalue weighted by atomic mass is 16.6. The summed E-state index contributed by atoms with van der Waals surface area (Å²) in [6.45, 7) is 1.66. The fourth-order valence-electron chi connectivity index (χ4n) is 3.15. The number of aryl methyl sites for hydroxylation is 1. The molecule has 0 bridgehead atoms. The van der Waals surface area contributed by atoms with E-state index in [4.69, 9.17) is 0 Å². The number of amides is 1. The quantitative estimate of drug-likeness (QED) is 0.299. The van der Waals surface area contributed by atoms with Crippen molar-refractivity contribution in [3.8, 4) is 11.3 Å². The van der Waals surface area contributed by atoms with E-state index in [0.29, 0.717) is 33.3 Å². The average Bonchev–Trinajstić information content (AvgIpc) is 2.79. The molecular formula is C23H17N5O3. The smallest absolute Gasteiger partial charge is 0.267 e. The lowest BCUT2D eigenvalue weighted by Gasteiger charge is -2.08. The molecule has 0 radical (unpaired) electrons. The minimum atomic E-state index is -0.450. The Balaban J connectivity index is 1.64. The molecule has 8 heteroatoms. The molecule has 2 heterocycles. The number of fused-ring (bicyclic) bond motifs is 1. The number of aromatic nitrogens is 2. The van der Waals surface area contributed by atoms with Crippen LogP contribution in [0.1, 0.15) is 21.5 Å². The van der Waals surface area contributed by atoms with Gasteiger partial charge >= 0.3 is 0 Å². The molecule has 1 N–H and O–H groups in total. The van der Waals surface area contributed by atoms with Gasteiger partial charge in [0.25, 0.3) is 11.6 Å². The monoisotopic (exact) mass is 411 g/mol. The van der Waals surface area contributed by atoms with E-state index >= 15 is 0 Å². The van der Waals surface area contributed by atoms with E-state index in [2.05, 4.69) is 20.5 Å². The number of nitrogens with zero attached hydrogens (tertiary/aromatic N) is 4. The third kappa shape index (κ3) is 4.27. The van der Waals surface area contributed by atoms with Gasteiger partial charge in [0, 0.05) is 40.5 Å². The summed E-state index contributed by atoms with van der Waals surface area (Å²) in [4.78, 5) is 32.3. The van der Waals surface area contributed by atoms with Crippen LogP contribution in [-0.2, 0) is 0 Å². The van der Waals surface area contributed by atoms with Crippen molar-refractivity contribution in [3.63, 3.8) is 0 Å². The van der Waals surface area contributed by atoms with Crippen LogP contribution in [0.15, 0.2) is 78.2 Å². The third-order valence-electron chi connectivity index (χ3n) is 4.73. The van der Waals surface area contributed by atoms with Crippen LogP contribution in [0.5, 0.6) is 0 Å². The molecule has 0 fully saturated rings. The van der Waals surface area contributed by atoms with E-state index in [1.807, 2.05) is 30.3 Å². The number of hydrazone groups is 1. The molecule has 0 saturated heterocycles. The zero-order valence-electron chi connectivity index (χ0n) is 16.5. The molecule has 152 valence electrons. The summed E-state index contributed by atoms with van der Waals surface area (Å²) in [7, 11) is 0. The molecule has 0 aliphatic rings. The number of carbonyl (C=O) groups excluding carboxylic acids is 1. The van der Waals surface area contributed by atoms with Crippen LogP contribution >= 0.6 is 0 Å². The van der Waals surface area contributed by atoms with Crippen LogP contribution in [0.25, 0.3) is 22.2 Å². The number of pyridine rings is 2. The van der Waals surface area contributed by atoms with Gasteiger partial charge in [-0.1, -0.05) is 30.3 Å². The molecule has 8 nitrogen and oxygen atoms in total. The second kappa shape index (κ2) is 8.50. The first-order valence-corrected chi connectivity index (χ1v) is 9.41. The Morgan fingerprint density at radius 1 is 1.13 bits per heavy atom. The Kier molecular flexibility index (Phi) is 5.44. The Bertz CT molecular complexity index is 1320. The van der Waals surface area contributed by atoms with E-state index < -0.39 is 10.8 Å². The molecule has 0 unspecified atom stereocenters. The fraction of sp³-hybridized carbons (Fsp3) is 0.0435. The van der Waals surface area contributed by atoms with Crippen LogP contribution in [0.3, 0.4) is 0 Å². The van der Waals surface area contributed by atoms with E-state index in [0.717, 1.165) is 5.56 Å². The van der Waals surface area contributed by atoms with Gasteiger partial charge in [-0.2, -0.15) is 5.10 Å². The lowest BCUT2D eigenvalue weighted by molar-refractivity contribution is -0.385. The standard InChI is InChI=1S/C23H17N5O3/c1-15-8-9-16(11-22(15)28(30)31)13-25-27-23(29)19-12-21(17-5-4-10-24-14-17)26-20-7-3-2-6-18(19)20/h2-14H,1H3,(H,27,29)/b25-13-. The number of hydrogen-bond acceptors (Lipinski definition) is 6. The number of nitrogens with one attached hydrogen (secondary N) is 1. The fourth-order valence-corrected chi connectivity index (χ4v) is 3.15. The van der Waals surface area contributed by atoms with Crippen molar-refractivity contribution in [3.05, 3.63) is 99.9 Å². The van der Waals surface area contributed by atoms with E-state index in [9.17, 15) is 14.9 Å². The number of rotatable bonds is 5. The second-order valence-corrected chi connectivity index (χ2v) is 6.82. The topological polar surface area (TPSA) is 110 Å². The molecule has 4 aromatic rings. The Labute approximate surface area is 177 Å². The summed E-state index contributed by atoms with van der Waals surface area (Å²) < 4.78 is 0. The summed E-state index contributed by atoms with van der Waals surface area (Å²) >= 11 is 0. The lowest BCUT2D eigenvalue weighted by Crippen LogP contribution is -2.18. The molecule has 0 aliphatic carbocycles. The third-order valence-corrected chi connectivity index (χ3v) is 4.73. The minimum Gasteiger partial charge on any atom is -0.267 e. The van der Waals surface area contributed by atoms with Crippen molar-refractivity contribution in [2.45, 2.75) is 6.92 Å². The normalized spacial score (nSPS) is 11.0. The molecule has 4 rings (SSSR count). The predicted molar refractivity (Wildman–Crippen MR) is 118 cm³/mol. The Morgan fingerprint density at radius 3 is 2.74 bits per heavy atom.